The van der Waals surface area contributed by atoms with Gasteiger partial charge in [0, 0.05) is 23.5 Å². The second kappa shape index (κ2) is 8.42. The first-order valence-electron chi connectivity index (χ1n) is 8.30. The Morgan fingerprint density at radius 1 is 0.897 bits per heavy atom. The standard InChI is InChI=1S/C20H14F3N3O3/c21-20(22,23)14-6-11-17(24-12-14)29-16-9-7-15(8-10-16)25-19(28)26-18(27)13-4-2-1-3-5-13/h1-12H,(H2,25,26,27,28). The van der Waals surface area contributed by atoms with Crippen LogP contribution in [-0.4, -0.2) is 16.9 Å². The maximum Gasteiger partial charge on any atom is 0.417 e. The molecule has 0 radical (unpaired) electrons. The molecule has 0 unspecified atom stereocenters. The van der Waals surface area contributed by atoms with Gasteiger partial charge < -0.3 is 10.1 Å². The molecule has 2 N–H and O–H groups in total. The van der Waals surface area contributed by atoms with Crippen LogP contribution in [0.4, 0.5) is 23.7 Å². The molecule has 3 rings (SSSR count). The Morgan fingerprint density at radius 2 is 1.59 bits per heavy atom. The maximum atomic E-state index is 12.5. The third-order valence-electron chi connectivity index (χ3n) is 3.66. The number of imide groups is 1. The van der Waals surface area contributed by atoms with Crippen LogP contribution in [0.15, 0.2) is 72.9 Å². The molecule has 2 aromatic carbocycles. The normalized spacial score (nSPS) is 10.9. The van der Waals surface area contributed by atoms with Gasteiger partial charge >= 0.3 is 12.2 Å². The topological polar surface area (TPSA) is 80.3 Å². The zero-order chi connectivity index (χ0) is 20.9. The number of nitrogens with zero attached hydrogens (tertiary/aromatic N) is 1. The lowest BCUT2D eigenvalue weighted by atomic mass is 10.2. The SMILES string of the molecule is O=C(NC(=O)c1ccccc1)Nc1ccc(Oc2ccc(C(F)(F)F)cn2)cc1. The fourth-order valence-electron chi connectivity index (χ4n) is 2.26. The van der Waals surface area contributed by atoms with E-state index in [4.69, 9.17) is 4.74 Å². The number of ether oxygens (including phenoxy) is 1. The highest BCUT2D eigenvalue weighted by Gasteiger charge is 2.30. The van der Waals surface area contributed by atoms with Crippen molar-refractivity contribution in [3.63, 3.8) is 0 Å². The molecule has 0 spiro atoms. The number of amides is 3. The predicted octanol–water partition coefficient (Wildman–Crippen LogP) is 4.85. The number of anilines is 1. The van der Waals surface area contributed by atoms with Crippen molar-refractivity contribution in [2.45, 2.75) is 6.18 Å². The number of aromatic nitrogens is 1. The van der Waals surface area contributed by atoms with E-state index in [1.165, 1.54) is 24.3 Å². The van der Waals surface area contributed by atoms with Gasteiger partial charge in [0.1, 0.15) is 5.75 Å². The summed E-state index contributed by atoms with van der Waals surface area (Å²) in [6.07, 6.45) is -3.79. The summed E-state index contributed by atoms with van der Waals surface area (Å²) >= 11 is 0. The van der Waals surface area contributed by atoms with Crippen LogP contribution in [-0.2, 0) is 6.18 Å². The van der Waals surface area contributed by atoms with Crippen molar-refractivity contribution in [3.8, 4) is 11.6 Å². The largest absolute Gasteiger partial charge is 0.439 e. The molecule has 0 bridgehead atoms. The average Bonchev–Trinajstić information content (AvgIpc) is 2.70. The molecule has 0 aliphatic rings. The van der Waals surface area contributed by atoms with E-state index >= 15 is 0 Å². The summed E-state index contributed by atoms with van der Waals surface area (Å²) in [7, 11) is 0. The number of halogens is 3. The minimum atomic E-state index is -4.47. The van der Waals surface area contributed by atoms with Crippen LogP contribution >= 0.6 is 0 Å². The van der Waals surface area contributed by atoms with Gasteiger partial charge in [0.2, 0.25) is 5.88 Å². The van der Waals surface area contributed by atoms with Crippen molar-refractivity contribution >= 4 is 17.6 Å². The minimum Gasteiger partial charge on any atom is -0.439 e. The van der Waals surface area contributed by atoms with Gasteiger partial charge in [0.05, 0.1) is 5.56 Å². The van der Waals surface area contributed by atoms with Gasteiger partial charge in [-0.1, -0.05) is 18.2 Å². The van der Waals surface area contributed by atoms with E-state index < -0.39 is 23.7 Å². The van der Waals surface area contributed by atoms with Crippen molar-refractivity contribution in [2.75, 3.05) is 5.32 Å². The summed E-state index contributed by atoms with van der Waals surface area (Å²) in [6, 6.07) is 15.5. The number of urea groups is 1. The van der Waals surface area contributed by atoms with Crippen LogP contribution in [0.3, 0.4) is 0 Å². The molecule has 0 atom stereocenters. The van der Waals surface area contributed by atoms with Crippen LogP contribution < -0.4 is 15.4 Å². The van der Waals surface area contributed by atoms with Crippen molar-refractivity contribution in [2.24, 2.45) is 0 Å². The molecule has 1 heterocycles. The Labute approximate surface area is 163 Å². The Morgan fingerprint density at radius 3 is 2.17 bits per heavy atom. The van der Waals surface area contributed by atoms with Crippen LogP contribution in [0, 0.1) is 0 Å². The monoisotopic (exact) mass is 401 g/mol. The average molecular weight is 401 g/mol. The van der Waals surface area contributed by atoms with Gasteiger partial charge in [-0.15, -0.1) is 0 Å². The second-order valence-corrected chi connectivity index (χ2v) is 5.78. The Hall–Kier alpha value is -3.88. The highest BCUT2D eigenvalue weighted by atomic mass is 19.4. The number of benzene rings is 2. The van der Waals surface area contributed by atoms with Crippen molar-refractivity contribution < 1.29 is 27.5 Å². The van der Waals surface area contributed by atoms with Gasteiger partial charge in [-0.05, 0) is 42.5 Å². The number of nitrogens with one attached hydrogen (secondary N) is 2. The van der Waals surface area contributed by atoms with Gasteiger partial charge in [-0.25, -0.2) is 9.78 Å². The molecular weight excluding hydrogens is 387 g/mol. The predicted molar refractivity (Wildman–Crippen MR) is 98.7 cm³/mol. The van der Waals surface area contributed by atoms with Crippen LogP contribution in [0.2, 0.25) is 0 Å². The van der Waals surface area contributed by atoms with E-state index in [0.717, 1.165) is 12.1 Å². The fraction of sp³-hybridized carbons (Fsp3) is 0.0500. The van der Waals surface area contributed by atoms with Gasteiger partial charge in [-0.3, -0.25) is 10.1 Å². The van der Waals surface area contributed by atoms with E-state index in [-0.39, 0.29) is 5.88 Å². The van der Waals surface area contributed by atoms with Gasteiger partial charge in [-0.2, -0.15) is 13.2 Å². The van der Waals surface area contributed by atoms with Crippen molar-refractivity contribution in [3.05, 3.63) is 84.1 Å². The van der Waals surface area contributed by atoms with E-state index in [1.54, 1.807) is 30.3 Å². The molecule has 0 fully saturated rings. The number of carbonyl (C=O) groups is 2. The number of hydrogen-bond acceptors (Lipinski definition) is 4. The van der Waals surface area contributed by atoms with Crippen LogP contribution in [0.5, 0.6) is 11.6 Å². The molecule has 6 nitrogen and oxygen atoms in total. The number of carbonyl (C=O) groups excluding carboxylic acids is 2. The molecule has 3 aromatic rings. The summed E-state index contributed by atoms with van der Waals surface area (Å²) in [4.78, 5) is 27.4. The van der Waals surface area contributed by atoms with Gasteiger partial charge in [0.25, 0.3) is 5.91 Å². The van der Waals surface area contributed by atoms with Crippen molar-refractivity contribution in [1.29, 1.82) is 0 Å². The third-order valence-corrected chi connectivity index (χ3v) is 3.66. The van der Waals surface area contributed by atoms with Crippen molar-refractivity contribution in [1.82, 2.24) is 10.3 Å². The zero-order valence-electron chi connectivity index (χ0n) is 14.7. The number of pyridine rings is 1. The molecule has 148 valence electrons. The number of hydrogen-bond donors (Lipinski definition) is 2. The first-order chi connectivity index (χ1) is 13.8. The summed E-state index contributed by atoms with van der Waals surface area (Å²) in [5.41, 5.74) is -0.146. The van der Waals surface area contributed by atoms with E-state index in [2.05, 4.69) is 15.6 Å². The van der Waals surface area contributed by atoms with E-state index in [1.807, 2.05) is 0 Å². The first-order valence-corrected chi connectivity index (χ1v) is 8.30. The summed E-state index contributed by atoms with van der Waals surface area (Å²) in [5, 5.41) is 4.69. The Bertz CT molecular complexity index is 989. The summed E-state index contributed by atoms with van der Waals surface area (Å²) < 4.78 is 43.0. The zero-order valence-corrected chi connectivity index (χ0v) is 14.7. The molecule has 0 saturated carbocycles. The highest BCUT2D eigenvalue weighted by Crippen LogP contribution is 2.30. The Balaban J connectivity index is 1.56. The summed E-state index contributed by atoms with van der Waals surface area (Å²) in [5.74, 6) is -0.245. The number of rotatable bonds is 4. The molecule has 29 heavy (non-hydrogen) atoms. The fourth-order valence-corrected chi connectivity index (χ4v) is 2.26. The first kappa shape index (κ1) is 19.9. The molecule has 1 aromatic heterocycles. The van der Waals surface area contributed by atoms with Crippen LogP contribution in [0.25, 0.3) is 0 Å². The molecule has 3 amide bonds. The number of alkyl halides is 3. The maximum absolute atomic E-state index is 12.5. The minimum absolute atomic E-state index is 0.00934. The lowest BCUT2D eigenvalue weighted by Crippen LogP contribution is -2.34. The molecular formula is C20H14F3N3O3. The lowest BCUT2D eigenvalue weighted by molar-refractivity contribution is -0.137. The molecule has 0 aliphatic heterocycles. The smallest absolute Gasteiger partial charge is 0.417 e. The van der Waals surface area contributed by atoms with E-state index in [9.17, 15) is 22.8 Å². The molecule has 0 saturated heterocycles. The second-order valence-electron chi connectivity index (χ2n) is 5.78. The quantitative estimate of drug-likeness (QED) is 0.655. The molecule has 9 heteroatoms. The molecule has 0 aliphatic carbocycles. The third kappa shape index (κ3) is 5.55. The van der Waals surface area contributed by atoms with Crippen LogP contribution in [0.1, 0.15) is 15.9 Å². The lowest BCUT2D eigenvalue weighted by Gasteiger charge is -2.09. The highest BCUT2D eigenvalue weighted by molar-refractivity contribution is 6.07. The Kier molecular flexibility index (Phi) is 5.77. The van der Waals surface area contributed by atoms with Gasteiger partial charge in [0.15, 0.2) is 0 Å². The van der Waals surface area contributed by atoms with E-state index in [0.29, 0.717) is 23.2 Å². The summed E-state index contributed by atoms with van der Waals surface area (Å²) in [6.45, 7) is 0.